The molecule has 3 heterocycles. The molecular weight excluding hydrogens is 302 g/mol. The Morgan fingerprint density at radius 1 is 0.955 bits per heavy atom. The summed E-state index contributed by atoms with van der Waals surface area (Å²) in [4.78, 5) is 16.4. The van der Waals surface area contributed by atoms with Gasteiger partial charge in [-0.25, -0.2) is 15.0 Å². The lowest BCUT2D eigenvalue weighted by atomic mass is 10.3. The molecular formula is C14H12ClN7. The molecule has 0 atom stereocenters. The number of nitrogen functional groups attached to an aromatic ring is 1. The summed E-state index contributed by atoms with van der Waals surface area (Å²) in [6, 6.07) is 7.14. The zero-order valence-electron chi connectivity index (χ0n) is 11.4. The first-order valence-electron chi connectivity index (χ1n) is 6.38. The number of pyridine rings is 2. The van der Waals surface area contributed by atoms with E-state index in [9.17, 15) is 0 Å². The Labute approximate surface area is 131 Å². The lowest BCUT2D eigenvalue weighted by molar-refractivity contribution is 1.16. The van der Waals surface area contributed by atoms with Crippen LogP contribution in [0, 0.1) is 0 Å². The molecule has 0 saturated carbocycles. The Kier molecular flexibility index (Phi) is 3.97. The summed E-state index contributed by atoms with van der Waals surface area (Å²) in [7, 11) is 0. The van der Waals surface area contributed by atoms with Gasteiger partial charge in [0.05, 0.1) is 16.9 Å². The van der Waals surface area contributed by atoms with Gasteiger partial charge in [0.1, 0.15) is 17.8 Å². The summed E-state index contributed by atoms with van der Waals surface area (Å²) in [6.45, 7) is 0. The minimum atomic E-state index is 0.378. The van der Waals surface area contributed by atoms with Crippen molar-refractivity contribution in [3.05, 3.63) is 54.2 Å². The van der Waals surface area contributed by atoms with Gasteiger partial charge in [0.2, 0.25) is 0 Å². The molecule has 0 spiro atoms. The van der Waals surface area contributed by atoms with E-state index < -0.39 is 0 Å². The van der Waals surface area contributed by atoms with Crippen LogP contribution in [-0.4, -0.2) is 19.9 Å². The molecule has 0 saturated heterocycles. The number of halogens is 1. The third-order valence-electron chi connectivity index (χ3n) is 2.78. The molecule has 8 heteroatoms. The highest BCUT2D eigenvalue weighted by molar-refractivity contribution is 6.30. The van der Waals surface area contributed by atoms with Gasteiger partial charge in [-0.3, -0.25) is 4.98 Å². The molecule has 22 heavy (non-hydrogen) atoms. The highest BCUT2D eigenvalue weighted by Crippen LogP contribution is 2.27. The first kappa shape index (κ1) is 14.0. The first-order valence-corrected chi connectivity index (χ1v) is 6.76. The summed E-state index contributed by atoms with van der Waals surface area (Å²) in [6.07, 6.45) is 6.31. The second-order valence-electron chi connectivity index (χ2n) is 4.34. The van der Waals surface area contributed by atoms with Crippen molar-refractivity contribution in [1.82, 2.24) is 19.9 Å². The monoisotopic (exact) mass is 313 g/mol. The van der Waals surface area contributed by atoms with Crippen molar-refractivity contribution in [2.24, 2.45) is 0 Å². The van der Waals surface area contributed by atoms with Gasteiger partial charge in [-0.1, -0.05) is 11.6 Å². The standard InChI is InChI=1S/C14H12ClN7/c15-9-3-4-11(18-6-9)22-14-12(16)13(19-8-20-14)21-10-2-1-5-17-7-10/h1-8H,16H2,(H2,18,19,20,21,22). The normalized spacial score (nSPS) is 10.2. The van der Waals surface area contributed by atoms with Gasteiger partial charge >= 0.3 is 0 Å². The Morgan fingerprint density at radius 2 is 1.77 bits per heavy atom. The van der Waals surface area contributed by atoms with Gasteiger partial charge in [-0.2, -0.15) is 0 Å². The highest BCUT2D eigenvalue weighted by atomic mass is 35.5. The fourth-order valence-corrected chi connectivity index (χ4v) is 1.85. The van der Waals surface area contributed by atoms with E-state index >= 15 is 0 Å². The van der Waals surface area contributed by atoms with E-state index in [1.807, 2.05) is 12.1 Å². The number of aromatic nitrogens is 4. The van der Waals surface area contributed by atoms with E-state index in [-0.39, 0.29) is 0 Å². The van der Waals surface area contributed by atoms with Crippen LogP contribution in [0.3, 0.4) is 0 Å². The second-order valence-corrected chi connectivity index (χ2v) is 4.77. The van der Waals surface area contributed by atoms with Gasteiger partial charge in [0.25, 0.3) is 0 Å². The minimum Gasteiger partial charge on any atom is -0.393 e. The molecule has 3 aromatic rings. The fraction of sp³-hybridized carbons (Fsp3) is 0. The zero-order chi connectivity index (χ0) is 15.4. The number of rotatable bonds is 4. The van der Waals surface area contributed by atoms with Crippen LogP contribution in [0.4, 0.5) is 28.8 Å². The van der Waals surface area contributed by atoms with Crippen LogP contribution >= 0.6 is 11.6 Å². The van der Waals surface area contributed by atoms with Crippen molar-refractivity contribution < 1.29 is 0 Å². The SMILES string of the molecule is Nc1c(Nc2cccnc2)ncnc1Nc1ccc(Cl)cn1. The number of hydrogen-bond donors (Lipinski definition) is 3. The topological polar surface area (TPSA) is 102 Å². The number of hydrogen-bond acceptors (Lipinski definition) is 7. The van der Waals surface area contributed by atoms with Crippen LogP contribution in [0.2, 0.25) is 5.02 Å². The van der Waals surface area contributed by atoms with Crippen LogP contribution in [-0.2, 0) is 0 Å². The van der Waals surface area contributed by atoms with Crippen LogP contribution in [0.25, 0.3) is 0 Å². The smallest absolute Gasteiger partial charge is 0.160 e. The maximum atomic E-state index is 6.08. The molecule has 7 nitrogen and oxygen atoms in total. The summed E-state index contributed by atoms with van der Waals surface area (Å²) in [5.74, 6) is 1.53. The van der Waals surface area contributed by atoms with Gasteiger partial charge in [0, 0.05) is 12.4 Å². The molecule has 4 N–H and O–H groups in total. The third kappa shape index (κ3) is 3.21. The van der Waals surface area contributed by atoms with Crippen LogP contribution in [0.15, 0.2) is 49.2 Å². The van der Waals surface area contributed by atoms with E-state index in [0.29, 0.717) is 28.2 Å². The number of nitrogens with zero attached hydrogens (tertiary/aromatic N) is 4. The first-order chi connectivity index (χ1) is 10.7. The molecule has 0 unspecified atom stereocenters. The van der Waals surface area contributed by atoms with Crippen LogP contribution < -0.4 is 16.4 Å². The average Bonchev–Trinajstić information content (AvgIpc) is 2.54. The van der Waals surface area contributed by atoms with Crippen LogP contribution in [0.1, 0.15) is 0 Å². The predicted octanol–water partition coefficient (Wildman–Crippen LogP) is 2.99. The molecule has 0 aliphatic heterocycles. The molecule has 0 aliphatic rings. The molecule has 3 rings (SSSR count). The largest absolute Gasteiger partial charge is 0.393 e. The van der Waals surface area contributed by atoms with E-state index in [1.54, 1.807) is 24.5 Å². The Hall–Kier alpha value is -2.93. The summed E-state index contributed by atoms with van der Waals surface area (Å²) >= 11 is 5.80. The molecule has 0 aromatic carbocycles. The van der Waals surface area contributed by atoms with Crippen molar-refractivity contribution >= 4 is 40.4 Å². The van der Waals surface area contributed by atoms with E-state index in [1.165, 1.54) is 12.5 Å². The van der Waals surface area contributed by atoms with E-state index in [4.69, 9.17) is 17.3 Å². The highest BCUT2D eigenvalue weighted by Gasteiger charge is 2.09. The Balaban J connectivity index is 1.84. The van der Waals surface area contributed by atoms with Crippen molar-refractivity contribution in [3.8, 4) is 0 Å². The molecule has 110 valence electrons. The van der Waals surface area contributed by atoms with Crippen molar-refractivity contribution in [2.45, 2.75) is 0 Å². The van der Waals surface area contributed by atoms with Gasteiger partial charge in [0.15, 0.2) is 11.6 Å². The summed E-state index contributed by atoms with van der Waals surface area (Å²) in [5.41, 5.74) is 7.24. The van der Waals surface area contributed by atoms with Crippen molar-refractivity contribution in [2.75, 3.05) is 16.4 Å². The maximum Gasteiger partial charge on any atom is 0.160 e. The third-order valence-corrected chi connectivity index (χ3v) is 3.01. The Bertz CT molecular complexity index is 762. The molecule has 0 radical (unpaired) electrons. The number of nitrogens with two attached hydrogens (primary N) is 1. The minimum absolute atomic E-state index is 0.378. The number of nitrogens with one attached hydrogen (secondary N) is 2. The van der Waals surface area contributed by atoms with Crippen molar-refractivity contribution in [3.63, 3.8) is 0 Å². The molecule has 3 aromatic heterocycles. The average molecular weight is 314 g/mol. The molecule has 0 amide bonds. The maximum absolute atomic E-state index is 6.08. The molecule has 0 aliphatic carbocycles. The zero-order valence-corrected chi connectivity index (χ0v) is 12.1. The predicted molar refractivity (Wildman–Crippen MR) is 86.5 cm³/mol. The lowest BCUT2D eigenvalue weighted by Gasteiger charge is -2.11. The van der Waals surface area contributed by atoms with Gasteiger partial charge in [-0.05, 0) is 24.3 Å². The van der Waals surface area contributed by atoms with Gasteiger partial charge in [-0.15, -0.1) is 0 Å². The summed E-state index contributed by atoms with van der Waals surface area (Å²) < 4.78 is 0. The quantitative estimate of drug-likeness (QED) is 0.680. The number of anilines is 5. The van der Waals surface area contributed by atoms with E-state index in [0.717, 1.165) is 5.69 Å². The summed E-state index contributed by atoms with van der Waals surface area (Å²) in [5, 5.41) is 6.67. The molecule has 0 bridgehead atoms. The fourth-order valence-electron chi connectivity index (χ4n) is 1.74. The van der Waals surface area contributed by atoms with E-state index in [2.05, 4.69) is 30.6 Å². The van der Waals surface area contributed by atoms with Gasteiger partial charge < -0.3 is 16.4 Å². The lowest BCUT2D eigenvalue weighted by Crippen LogP contribution is -2.05. The van der Waals surface area contributed by atoms with Crippen molar-refractivity contribution in [1.29, 1.82) is 0 Å². The second kappa shape index (κ2) is 6.23. The van der Waals surface area contributed by atoms with Crippen LogP contribution in [0.5, 0.6) is 0 Å². The molecule has 0 fully saturated rings. The Morgan fingerprint density at radius 3 is 2.45 bits per heavy atom.